The molecule has 0 bridgehead atoms. The predicted molar refractivity (Wildman–Crippen MR) is 114 cm³/mol. The van der Waals surface area contributed by atoms with Gasteiger partial charge >= 0.3 is 0 Å². The zero-order chi connectivity index (χ0) is 22.8. The van der Waals surface area contributed by atoms with Gasteiger partial charge in [0.25, 0.3) is 5.91 Å². The molecule has 2 aromatic rings. The van der Waals surface area contributed by atoms with Crippen LogP contribution in [-0.4, -0.2) is 66.0 Å². The number of piperidine rings is 1. The number of hydrogen-bond acceptors (Lipinski definition) is 5. The van der Waals surface area contributed by atoms with Crippen LogP contribution in [0.5, 0.6) is 0 Å². The van der Waals surface area contributed by atoms with Crippen LogP contribution in [0.2, 0.25) is 0 Å². The highest BCUT2D eigenvalue weighted by Gasteiger charge is 2.39. The Morgan fingerprint density at radius 3 is 2.59 bits per heavy atom. The summed E-state index contributed by atoms with van der Waals surface area (Å²) in [5.74, 6) is -2.47. The second kappa shape index (κ2) is 9.36. The summed E-state index contributed by atoms with van der Waals surface area (Å²) in [5, 5.41) is 6.68. The van der Waals surface area contributed by atoms with Gasteiger partial charge in [0.05, 0.1) is 5.92 Å². The van der Waals surface area contributed by atoms with E-state index < -0.39 is 17.5 Å². The zero-order valence-corrected chi connectivity index (χ0v) is 18.3. The van der Waals surface area contributed by atoms with Gasteiger partial charge in [0.1, 0.15) is 17.3 Å². The number of carbonyl (C=O) groups is 2. The van der Waals surface area contributed by atoms with Gasteiger partial charge in [-0.15, -0.1) is 0 Å². The summed E-state index contributed by atoms with van der Waals surface area (Å²) in [5.41, 5.74) is 0.143. The van der Waals surface area contributed by atoms with Gasteiger partial charge in [-0.2, -0.15) is 0 Å². The summed E-state index contributed by atoms with van der Waals surface area (Å²) in [6.07, 6.45) is 5.40. The highest BCUT2D eigenvalue weighted by atomic mass is 19.1. The molecule has 0 radical (unpaired) electrons. The largest absolute Gasteiger partial charge is 0.350 e. The first-order chi connectivity index (χ1) is 15.3. The van der Waals surface area contributed by atoms with Gasteiger partial charge < -0.3 is 14.7 Å². The van der Waals surface area contributed by atoms with Crippen molar-refractivity contribution in [3.05, 3.63) is 41.7 Å². The summed E-state index contributed by atoms with van der Waals surface area (Å²) in [6, 6.07) is 4.59. The lowest BCUT2D eigenvalue weighted by molar-refractivity contribution is -0.136. The van der Waals surface area contributed by atoms with Gasteiger partial charge in [0, 0.05) is 57.0 Å². The van der Waals surface area contributed by atoms with E-state index in [4.69, 9.17) is 4.52 Å². The number of nitrogens with zero attached hydrogens (tertiary/aromatic N) is 3. The Labute approximate surface area is 185 Å². The second-order valence-corrected chi connectivity index (χ2v) is 8.84. The molecule has 1 saturated carbocycles. The van der Waals surface area contributed by atoms with Crippen LogP contribution in [0.4, 0.5) is 8.78 Å². The lowest BCUT2D eigenvalue weighted by Crippen LogP contribution is -2.57. The molecular formula is C23H28F2N4O3. The molecule has 1 aliphatic carbocycles. The molecule has 1 aromatic carbocycles. The lowest BCUT2D eigenvalue weighted by atomic mass is 9.89. The van der Waals surface area contributed by atoms with Crippen molar-refractivity contribution in [2.45, 2.75) is 44.2 Å². The van der Waals surface area contributed by atoms with Gasteiger partial charge in [0.15, 0.2) is 0 Å². The molecule has 32 heavy (non-hydrogen) atoms. The molecule has 7 nitrogen and oxygen atoms in total. The van der Waals surface area contributed by atoms with Gasteiger partial charge in [-0.25, -0.2) is 8.78 Å². The normalized spacial score (nSPS) is 22.1. The summed E-state index contributed by atoms with van der Waals surface area (Å²) < 4.78 is 32.3. The fourth-order valence-electron chi connectivity index (χ4n) is 4.78. The number of amides is 2. The van der Waals surface area contributed by atoms with Crippen molar-refractivity contribution in [1.29, 1.82) is 0 Å². The third kappa shape index (κ3) is 4.67. The maximum Gasteiger partial charge on any atom is 0.290 e. The summed E-state index contributed by atoms with van der Waals surface area (Å²) in [6.45, 7) is 1.42. The average Bonchev–Trinajstić information content (AvgIpc) is 3.46. The van der Waals surface area contributed by atoms with Crippen molar-refractivity contribution in [2.24, 2.45) is 5.92 Å². The number of hydrogen-bond donors (Lipinski definition) is 1. The van der Waals surface area contributed by atoms with Crippen molar-refractivity contribution in [3.8, 4) is 11.3 Å². The molecule has 2 heterocycles. The predicted octanol–water partition coefficient (Wildman–Crippen LogP) is 3.07. The first kappa shape index (κ1) is 22.4. The van der Waals surface area contributed by atoms with Crippen molar-refractivity contribution >= 4 is 11.8 Å². The Balaban J connectivity index is 1.47. The number of halogens is 2. The Morgan fingerprint density at radius 1 is 1.16 bits per heavy atom. The van der Waals surface area contributed by atoms with Crippen LogP contribution in [0.1, 0.15) is 42.7 Å². The van der Waals surface area contributed by atoms with E-state index >= 15 is 0 Å². The molecular weight excluding hydrogens is 418 g/mol. The van der Waals surface area contributed by atoms with Crippen LogP contribution in [0.3, 0.4) is 0 Å². The monoisotopic (exact) mass is 446 g/mol. The first-order valence-corrected chi connectivity index (χ1v) is 11.0. The molecule has 1 saturated heterocycles. The standard InChI is InChI=1S/C23H28F2N4O3/c1-28(2)23(31)17-13-29(15-5-3-4-6-15)10-9-19(17)26-22(30)21-12-20(27-32-21)16-8-7-14(24)11-18(16)25/h7-8,11-12,15,17,19H,3-6,9-10,13H2,1-2H3,(H,26,30). The van der Waals surface area contributed by atoms with E-state index in [-0.39, 0.29) is 34.9 Å². The molecule has 2 unspecified atom stereocenters. The van der Waals surface area contributed by atoms with E-state index in [2.05, 4.69) is 15.4 Å². The van der Waals surface area contributed by atoms with E-state index in [9.17, 15) is 18.4 Å². The van der Waals surface area contributed by atoms with E-state index in [0.717, 1.165) is 31.5 Å². The third-order valence-electron chi connectivity index (χ3n) is 6.50. The minimum atomic E-state index is -0.791. The highest BCUT2D eigenvalue weighted by Crippen LogP contribution is 2.29. The Hall–Kier alpha value is -2.81. The Kier molecular flexibility index (Phi) is 6.55. The van der Waals surface area contributed by atoms with Crippen LogP contribution in [0, 0.1) is 17.6 Å². The van der Waals surface area contributed by atoms with Crippen LogP contribution < -0.4 is 5.32 Å². The Bertz CT molecular complexity index is 987. The van der Waals surface area contributed by atoms with Gasteiger partial charge in [-0.05, 0) is 31.4 Å². The molecule has 1 N–H and O–H groups in total. The molecule has 9 heteroatoms. The summed E-state index contributed by atoms with van der Waals surface area (Å²) in [4.78, 5) is 29.7. The molecule has 2 atom stereocenters. The molecule has 172 valence electrons. The molecule has 2 amide bonds. The highest BCUT2D eigenvalue weighted by molar-refractivity contribution is 5.93. The van der Waals surface area contributed by atoms with Crippen molar-refractivity contribution in [2.75, 3.05) is 27.2 Å². The third-order valence-corrected chi connectivity index (χ3v) is 6.50. The Morgan fingerprint density at radius 2 is 1.91 bits per heavy atom. The number of nitrogens with one attached hydrogen (secondary N) is 1. The molecule has 1 aliphatic heterocycles. The van der Waals surface area contributed by atoms with Gasteiger partial charge in [0.2, 0.25) is 11.7 Å². The minimum Gasteiger partial charge on any atom is -0.350 e. The van der Waals surface area contributed by atoms with Crippen molar-refractivity contribution in [1.82, 2.24) is 20.3 Å². The minimum absolute atomic E-state index is 0.0235. The number of rotatable bonds is 5. The number of aromatic nitrogens is 1. The smallest absolute Gasteiger partial charge is 0.290 e. The molecule has 1 aromatic heterocycles. The van der Waals surface area contributed by atoms with Gasteiger partial charge in [-0.3, -0.25) is 14.5 Å². The molecule has 4 rings (SSSR count). The maximum absolute atomic E-state index is 14.0. The quantitative estimate of drug-likeness (QED) is 0.764. The van der Waals surface area contributed by atoms with Gasteiger partial charge in [-0.1, -0.05) is 18.0 Å². The fourth-order valence-corrected chi connectivity index (χ4v) is 4.78. The van der Waals surface area contributed by atoms with Crippen LogP contribution >= 0.6 is 0 Å². The molecule has 0 spiro atoms. The number of benzene rings is 1. The van der Waals surface area contributed by atoms with Crippen LogP contribution in [-0.2, 0) is 4.79 Å². The first-order valence-electron chi connectivity index (χ1n) is 11.0. The SMILES string of the molecule is CN(C)C(=O)C1CN(C2CCCC2)CCC1NC(=O)c1cc(-c2ccc(F)cc2F)no1. The number of carbonyl (C=O) groups excluding carboxylic acids is 2. The summed E-state index contributed by atoms with van der Waals surface area (Å²) >= 11 is 0. The number of likely N-dealkylation sites (tertiary alicyclic amines) is 1. The van der Waals surface area contributed by atoms with E-state index in [0.29, 0.717) is 19.0 Å². The second-order valence-electron chi connectivity index (χ2n) is 8.84. The topological polar surface area (TPSA) is 78.7 Å². The van der Waals surface area contributed by atoms with E-state index in [1.54, 1.807) is 19.0 Å². The van der Waals surface area contributed by atoms with Crippen LogP contribution in [0.25, 0.3) is 11.3 Å². The molecule has 2 aliphatic rings. The van der Waals surface area contributed by atoms with Crippen molar-refractivity contribution in [3.63, 3.8) is 0 Å². The maximum atomic E-state index is 14.0. The lowest BCUT2D eigenvalue weighted by Gasteiger charge is -2.41. The fraction of sp³-hybridized carbons (Fsp3) is 0.522. The zero-order valence-electron chi connectivity index (χ0n) is 18.3. The summed E-state index contributed by atoms with van der Waals surface area (Å²) in [7, 11) is 3.44. The van der Waals surface area contributed by atoms with E-state index in [1.165, 1.54) is 25.0 Å². The molecule has 2 fully saturated rings. The van der Waals surface area contributed by atoms with E-state index in [1.807, 2.05) is 0 Å². The van der Waals surface area contributed by atoms with Crippen molar-refractivity contribution < 1.29 is 22.9 Å². The van der Waals surface area contributed by atoms with Crippen LogP contribution in [0.15, 0.2) is 28.8 Å². The average molecular weight is 446 g/mol.